The molecule has 1 amide bonds. The largest absolute Gasteiger partial charge is 0.348 e. The number of amides is 1. The predicted molar refractivity (Wildman–Crippen MR) is 74.6 cm³/mol. The van der Waals surface area contributed by atoms with Gasteiger partial charge in [-0.1, -0.05) is 17.7 Å². The lowest BCUT2D eigenvalue weighted by molar-refractivity contribution is 0.0947. The topological polar surface area (TPSA) is 80.0 Å². The maximum atomic E-state index is 13.8. The summed E-state index contributed by atoms with van der Waals surface area (Å²) in [5, 5.41) is 2.45. The molecule has 1 heterocycles. The number of nitrogens with zero attached hydrogens (tertiary/aromatic N) is 1. The summed E-state index contributed by atoms with van der Waals surface area (Å²) in [5.74, 6) is 2.80. The highest BCUT2D eigenvalue weighted by Gasteiger charge is 2.15. The van der Waals surface area contributed by atoms with Gasteiger partial charge in [-0.25, -0.2) is 19.6 Å². The van der Waals surface area contributed by atoms with Crippen molar-refractivity contribution in [2.24, 2.45) is 5.84 Å². The molecule has 0 unspecified atom stereocenters. The number of carbonyl (C=O) groups is 1. The summed E-state index contributed by atoms with van der Waals surface area (Å²) in [4.78, 5) is 15.5. The Balaban J connectivity index is 2.10. The molecule has 1 aromatic carbocycles. The fraction of sp³-hybridized carbons (Fsp3) is 0.0769. The molecule has 8 heteroatoms. The maximum Gasteiger partial charge on any atom is 0.254 e. The number of nitrogens with one attached hydrogen (secondary N) is 2. The van der Waals surface area contributed by atoms with Gasteiger partial charge in [-0.05, 0) is 23.8 Å². The van der Waals surface area contributed by atoms with E-state index in [1.807, 2.05) is 0 Å². The highest BCUT2D eigenvalue weighted by Crippen LogP contribution is 2.17. The van der Waals surface area contributed by atoms with Crippen LogP contribution in [0, 0.1) is 11.6 Å². The Kier molecular flexibility index (Phi) is 4.66. The van der Waals surface area contributed by atoms with Crippen molar-refractivity contribution in [1.82, 2.24) is 10.3 Å². The average Bonchev–Trinajstić information content (AvgIpc) is 2.48. The number of benzene rings is 1. The van der Waals surface area contributed by atoms with E-state index in [1.165, 1.54) is 30.5 Å². The molecule has 0 aliphatic heterocycles. The SMILES string of the molecule is NNc1nccc(C(=O)NCc2ccc(F)c(Cl)c2)c1F. The maximum absolute atomic E-state index is 13.8. The third kappa shape index (κ3) is 3.45. The molecule has 21 heavy (non-hydrogen) atoms. The minimum Gasteiger partial charge on any atom is -0.348 e. The first-order valence-corrected chi connectivity index (χ1v) is 6.24. The molecule has 0 fully saturated rings. The van der Waals surface area contributed by atoms with Crippen LogP contribution < -0.4 is 16.6 Å². The van der Waals surface area contributed by atoms with E-state index in [0.29, 0.717) is 5.56 Å². The lowest BCUT2D eigenvalue weighted by atomic mass is 10.2. The zero-order chi connectivity index (χ0) is 15.4. The number of anilines is 1. The van der Waals surface area contributed by atoms with Crippen LogP contribution in [-0.4, -0.2) is 10.9 Å². The van der Waals surface area contributed by atoms with Crippen molar-refractivity contribution in [1.29, 1.82) is 0 Å². The molecule has 2 rings (SSSR count). The summed E-state index contributed by atoms with van der Waals surface area (Å²) in [6, 6.07) is 5.26. The summed E-state index contributed by atoms with van der Waals surface area (Å²) in [5.41, 5.74) is 2.43. The molecule has 0 bridgehead atoms. The lowest BCUT2D eigenvalue weighted by Crippen LogP contribution is -2.25. The summed E-state index contributed by atoms with van der Waals surface area (Å²) >= 11 is 5.63. The first-order valence-electron chi connectivity index (χ1n) is 5.86. The van der Waals surface area contributed by atoms with Gasteiger partial charge < -0.3 is 10.7 Å². The van der Waals surface area contributed by atoms with Crippen molar-refractivity contribution in [2.75, 3.05) is 5.43 Å². The minimum atomic E-state index is -0.852. The van der Waals surface area contributed by atoms with E-state index in [1.54, 1.807) is 0 Å². The Morgan fingerprint density at radius 1 is 1.33 bits per heavy atom. The number of nitrogens with two attached hydrogens (primary N) is 1. The van der Waals surface area contributed by atoms with Crippen LogP contribution in [-0.2, 0) is 6.54 Å². The molecular weight excluding hydrogens is 302 g/mol. The highest BCUT2D eigenvalue weighted by atomic mass is 35.5. The number of hydrazine groups is 1. The van der Waals surface area contributed by atoms with Crippen LogP contribution in [0.4, 0.5) is 14.6 Å². The van der Waals surface area contributed by atoms with E-state index in [2.05, 4.69) is 15.7 Å². The number of halogens is 3. The van der Waals surface area contributed by atoms with Gasteiger partial charge in [0.1, 0.15) is 5.82 Å². The zero-order valence-corrected chi connectivity index (χ0v) is 11.4. The van der Waals surface area contributed by atoms with Crippen LogP contribution in [0.5, 0.6) is 0 Å². The van der Waals surface area contributed by atoms with E-state index in [-0.39, 0.29) is 22.9 Å². The number of hydrogen-bond donors (Lipinski definition) is 3. The summed E-state index contributed by atoms with van der Waals surface area (Å²) < 4.78 is 26.8. The normalized spacial score (nSPS) is 10.3. The summed E-state index contributed by atoms with van der Waals surface area (Å²) in [6.07, 6.45) is 1.25. The monoisotopic (exact) mass is 312 g/mol. The van der Waals surface area contributed by atoms with E-state index < -0.39 is 17.5 Å². The second-order valence-electron chi connectivity index (χ2n) is 4.10. The van der Waals surface area contributed by atoms with Crippen molar-refractivity contribution in [3.05, 3.63) is 58.2 Å². The Morgan fingerprint density at radius 2 is 2.10 bits per heavy atom. The molecule has 4 N–H and O–H groups in total. The van der Waals surface area contributed by atoms with Crippen LogP contribution >= 0.6 is 11.6 Å². The van der Waals surface area contributed by atoms with Crippen molar-refractivity contribution in [2.45, 2.75) is 6.54 Å². The van der Waals surface area contributed by atoms with Crippen LogP contribution in [0.3, 0.4) is 0 Å². The second-order valence-corrected chi connectivity index (χ2v) is 4.50. The molecule has 1 aromatic heterocycles. The summed E-state index contributed by atoms with van der Waals surface area (Å²) in [7, 11) is 0. The van der Waals surface area contributed by atoms with E-state index in [9.17, 15) is 13.6 Å². The lowest BCUT2D eigenvalue weighted by Gasteiger charge is -2.08. The molecule has 0 saturated carbocycles. The first kappa shape index (κ1) is 15.1. The highest BCUT2D eigenvalue weighted by molar-refractivity contribution is 6.30. The Morgan fingerprint density at radius 3 is 2.76 bits per heavy atom. The number of carbonyl (C=O) groups excluding carboxylic acids is 1. The van der Waals surface area contributed by atoms with Gasteiger partial charge in [-0.2, -0.15) is 0 Å². The molecule has 0 atom stereocenters. The molecule has 5 nitrogen and oxygen atoms in total. The molecular formula is C13H11ClF2N4O. The Labute approximate surface area is 124 Å². The first-order chi connectivity index (χ1) is 10.0. The zero-order valence-electron chi connectivity index (χ0n) is 10.7. The Hall–Kier alpha value is -2.25. The second kappa shape index (κ2) is 6.47. The quantitative estimate of drug-likeness (QED) is 0.597. The third-order valence-corrected chi connectivity index (χ3v) is 3.00. The van der Waals surface area contributed by atoms with Crippen molar-refractivity contribution >= 4 is 23.3 Å². The van der Waals surface area contributed by atoms with Crippen molar-refractivity contribution in [3.8, 4) is 0 Å². The molecule has 0 aliphatic carbocycles. The number of hydrogen-bond acceptors (Lipinski definition) is 4. The molecule has 2 aromatic rings. The minimum absolute atomic E-state index is 0.0496. The summed E-state index contributed by atoms with van der Waals surface area (Å²) in [6.45, 7) is 0.0754. The van der Waals surface area contributed by atoms with Gasteiger partial charge in [0.05, 0.1) is 10.6 Å². The van der Waals surface area contributed by atoms with Crippen LogP contribution in [0.2, 0.25) is 5.02 Å². The van der Waals surface area contributed by atoms with Crippen LogP contribution in [0.25, 0.3) is 0 Å². The predicted octanol–water partition coefficient (Wildman–Crippen LogP) is 2.23. The molecule has 0 aliphatic rings. The molecule has 0 radical (unpaired) electrons. The van der Waals surface area contributed by atoms with Gasteiger partial charge in [0.15, 0.2) is 11.6 Å². The smallest absolute Gasteiger partial charge is 0.254 e. The average molecular weight is 313 g/mol. The molecule has 0 saturated heterocycles. The van der Waals surface area contributed by atoms with Gasteiger partial charge >= 0.3 is 0 Å². The number of nitrogen functional groups attached to an aromatic ring is 1. The van der Waals surface area contributed by atoms with Gasteiger partial charge in [0.25, 0.3) is 5.91 Å². The van der Waals surface area contributed by atoms with E-state index in [0.717, 1.165) is 0 Å². The number of rotatable bonds is 4. The van der Waals surface area contributed by atoms with Crippen LogP contribution in [0.1, 0.15) is 15.9 Å². The third-order valence-electron chi connectivity index (χ3n) is 2.71. The van der Waals surface area contributed by atoms with Crippen molar-refractivity contribution in [3.63, 3.8) is 0 Å². The van der Waals surface area contributed by atoms with Gasteiger partial charge in [-0.15, -0.1) is 0 Å². The number of aromatic nitrogens is 1. The molecule has 110 valence electrons. The van der Waals surface area contributed by atoms with Crippen molar-refractivity contribution < 1.29 is 13.6 Å². The Bertz CT molecular complexity index is 681. The fourth-order valence-corrected chi connectivity index (χ4v) is 1.85. The van der Waals surface area contributed by atoms with Crippen LogP contribution in [0.15, 0.2) is 30.5 Å². The van der Waals surface area contributed by atoms with E-state index in [4.69, 9.17) is 17.4 Å². The van der Waals surface area contributed by atoms with E-state index >= 15 is 0 Å². The molecule has 0 spiro atoms. The number of pyridine rings is 1. The van der Waals surface area contributed by atoms with Gasteiger partial charge in [0, 0.05) is 12.7 Å². The van der Waals surface area contributed by atoms with Gasteiger partial charge in [-0.3, -0.25) is 4.79 Å². The standard InChI is InChI=1S/C13H11ClF2N4O/c14-9-5-7(1-2-10(9)15)6-19-13(21)8-3-4-18-12(20-17)11(8)16/h1-5H,6,17H2,(H,18,20)(H,19,21). The van der Waals surface area contributed by atoms with Gasteiger partial charge in [0.2, 0.25) is 0 Å². The fourth-order valence-electron chi connectivity index (χ4n) is 1.65.